The molecule has 0 aliphatic heterocycles. The Morgan fingerprint density at radius 1 is 0.404 bits per heavy atom. The van der Waals surface area contributed by atoms with Gasteiger partial charge in [-0.1, -0.05) is 50.2 Å². The van der Waals surface area contributed by atoms with E-state index >= 15 is 0 Å². The standard InChI is InChI=1S/C48H33N3Se/c1-48(2)40-24-10-9-20-36(40)37-22-12-23-39(44(37)48)47-50-45(31-16-7-4-8-17-31)49-46(51-47)34-19-11-18-32(28-34)33-26-27-38-42(29-33)52-41-25-13-21-35(43(38)41)30-14-5-3-6-15-30/h3-29H,1-2H3. The van der Waals surface area contributed by atoms with Gasteiger partial charge in [0.05, 0.1) is 0 Å². The fourth-order valence-corrected chi connectivity index (χ4v) is 10.5. The topological polar surface area (TPSA) is 38.7 Å². The van der Waals surface area contributed by atoms with Crippen molar-refractivity contribution in [3.63, 3.8) is 0 Å². The number of hydrogen-bond donors (Lipinski definition) is 0. The molecule has 9 aromatic rings. The van der Waals surface area contributed by atoms with Crippen molar-refractivity contribution in [2.45, 2.75) is 19.3 Å². The minimum atomic E-state index is -0.196. The van der Waals surface area contributed by atoms with E-state index in [1.54, 1.807) is 0 Å². The van der Waals surface area contributed by atoms with E-state index in [0.29, 0.717) is 17.5 Å². The maximum absolute atomic E-state index is 5.24. The molecule has 10 rings (SSSR count). The first-order valence-corrected chi connectivity index (χ1v) is 19.4. The summed E-state index contributed by atoms with van der Waals surface area (Å²) in [5, 5.41) is 2.73. The van der Waals surface area contributed by atoms with Gasteiger partial charge in [0.15, 0.2) is 0 Å². The molecule has 2 heterocycles. The first-order chi connectivity index (χ1) is 25.5. The van der Waals surface area contributed by atoms with Gasteiger partial charge in [-0.2, -0.15) is 0 Å². The molecule has 4 heteroatoms. The van der Waals surface area contributed by atoms with Crippen molar-refractivity contribution in [2.75, 3.05) is 0 Å². The quantitative estimate of drug-likeness (QED) is 0.166. The first kappa shape index (κ1) is 30.9. The van der Waals surface area contributed by atoms with Crippen molar-refractivity contribution in [3.05, 3.63) is 175 Å². The third-order valence-corrected chi connectivity index (χ3v) is 12.9. The van der Waals surface area contributed by atoms with Gasteiger partial charge in [0.25, 0.3) is 0 Å². The molecule has 2 aromatic heterocycles. The summed E-state index contributed by atoms with van der Waals surface area (Å²) in [6.07, 6.45) is 0. The Morgan fingerprint density at radius 3 is 1.81 bits per heavy atom. The van der Waals surface area contributed by atoms with Gasteiger partial charge >= 0.3 is 249 Å². The molecule has 0 atom stereocenters. The zero-order valence-corrected chi connectivity index (χ0v) is 30.6. The Morgan fingerprint density at radius 2 is 0.981 bits per heavy atom. The normalized spacial score (nSPS) is 13.0. The fraction of sp³-hybridized carbons (Fsp3) is 0.0625. The van der Waals surface area contributed by atoms with Crippen molar-refractivity contribution in [2.24, 2.45) is 0 Å². The van der Waals surface area contributed by atoms with Crippen LogP contribution in [0.4, 0.5) is 0 Å². The van der Waals surface area contributed by atoms with Crippen LogP contribution in [0.2, 0.25) is 0 Å². The molecule has 246 valence electrons. The van der Waals surface area contributed by atoms with Crippen LogP contribution in [0, 0.1) is 0 Å². The third-order valence-electron chi connectivity index (χ3n) is 10.5. The molecule has 0 N–H and O–H groups in total. The van der Waals surface area contributed by atoms with Gasteiger partial charge in [0.1, 0.15) is 0 Å². The fourth-order valence-electron chi connectivity index (χ4n) is 8.08. The van der Waals surface area contributed by atoms with Gasteiger partial charge in [-0.3, -0.25) is 0 Å². The number of nitrogens with zero attached hydrogens (tertiary/aromatic N) is 3. The Hall–Kier alpha value is -5.93. The van der Waals surface area contributed by atoms with Gasteiger partial charge in [0, 0.05) is 0 Å². The number of aromatic nitrogens is 3. The molecule has 52 heavy (non-hydrogen) atoms. The van der Waals surface area contributed by atoms with Gasteiger partial charge in [-0.05, 0) is 11.1 Å². The molecule has 0 fully saturated rings. The molecule has 0 saturated carbocycles. The van der Waals surface area contributed by atoms with Crippen LogP contribution >= 0.6 is 0 Å². The van der Waals surface area contributed by atoms with E-state index in [9.17, 15) is 0 Å². The van der Waals surface area contributed by atoms with Crippen molar-refractivity contribution in [3.8, 4) is 67.5 Å². The molecule has 0 unspecified atom stereocenters. The Balaban J connectivity index is 1.11. The van der Waals surface area contributed by atoms with Crippen LogP contribution in [0.3, 0.4) is 0 Å². The molecular weight excluding hydrogens is 698 g/mol. The number of hydrogen-bond acceptors (Lipinski definition) is 3. The third kappa shape index (κ3) is 4.98. The minimum absolute atomic E-state index is 0.196. The summed E-state index contributed by atoms with van der Waals surface area (Å²) in [6.45, 7) is 4.62. The van der Waals surface area contributed by atoms with E-state index in [0.717, 1.165) is 22.3 Å². The molecule has 7 aromatic carbocycles. The van der Waals surface area contributed by atoms with Crippen molar-refractivity contribution in [1.82, 2.24) is 15.0 Å². The number of benzene rings is 7. The second kappa shape index (κ2) is 12.1. The summed E-state index contributed by atoms with van der Waals surface area (Å²) < 4.78 is 2.86. The van der Waals surface area contributed by atoms with Gasteiger partial charge < -0.3 is 0 Å². The molecule has 1 aliphatic rings. The van der Waals surface area contributed by atoms with Crippen molar-refractivity contribution >= 4 is 33.8 Å². The summed E-state index contributed by atoms with van der Waals surface area (Å²) in [7, 11) is 0. The first-order valence-electron chi connectivity index (χ1n) is 17.7. The van der Waals surface area contributed by atoms with Crippen LogP contribution in [0.25, 0.3) is 86.8 Å². The van der Waals surface area contributed by atoms with E-state index in [2.05, 4.69) is 159 Å². The molecule has 0 amide bonds. The van der Waals surface area contributed by atoms with Crippen LogP contribution in [-0.4, -0.2) is 29.5 Å². The summed E-state index contributed by atoms with van der Waals surface area (Å²) >= 11 is 0.236. The van der Waals surface area contributed by atoms with Crippen LogP contribution in [-0.2, 0) is 5.41 Å². The molecule has 0 saturated heterocycles. The molecule has 1 aliphatic carbocycles. The Bertz CT molecular complexity index is 2820. The zero-order valence-electron chi connectivity index (χ0n) is 28.8. The van der Waals surface area contributed by atoms with Gasteiger partial charge in [0.2, 0.25) is 0 Å². The molecule has 0 bridgehead atoms. The molecular formula is C48H33N3Se. The van der Waals surface area contributed by atoms with Crippen LogP contribution in [0.5, 0.6) is 0 Å². The zero-order chi connectivity index (χ0) is 34.8. The molecule has 3 nitrogen and oxygen atoms in total. The van der Waals surface area contributed by atoms with E-state index in [1.165, 1.54) is 58.2 Å². The predicted octanol–water partition coefficient (Wildman–Crippen LogP) is 11.9. The SMILES string of the molecule is CC1(C)c2ccccc2-c2cccc(-c3nc(-c4ccccc4)nc(-c4cccc(-c5ccc6c(c5)[se]c5cccc(-c7ccccc7)c56)c4)n3)c21. The summed E-state index contributed by atoms with van der Waals surface area (Å²) in [5.41, 5.74) is 12.8. The van der Waals surface area contributed by atoms with Gasteiger partial charge in [-0.25, -0.2) is 0 Å². The van der Waals surface area contributed by atoms with E-state index < -0.39 is 0 Å². The summed E-state index contributed by atoms with van der Waals surface area (Å²) in [5.74, 6) is 2.03. The Labute approximate surface area is 309 Å². The van der Waals surface area contributed by atoms with Crippen LogP contribution in [0.1, 0.15) is 25.0 Å². The van der Waals surface area contributed by atoms with Crippen molar-refractivity contribution < 1.29 is 0 Å². The number of fused-ring (bicyclic) bond motifs is 6. The van der Waals surface area contributed by atoms with Crippen LogP contribution in [0.15, 0.2) is 164 Å². The predicted molar refractivity (Wildman–Crippen MR) is 217 cm³/mol. The average Bonchev–Trinajstić information content (AvgIpc) is 3.70. The maximum atomic E-state index is 5.24. The molecule has 0 radical (unpaired) electrons. The van der Waals surface area contributed by atoms with Crippen LogP contribution < -0.4 is 0 Å². The van der Waals surface area contributed by atoms with Gasteiger partial charge in [-0.15, -0.1) is 0 Å². The van der Waals surface area contributed by atoms with E-state index in [4.69, 9.17) is 15.0 Å². The van der Waals surface area contributed by atoms with E-state index in [-0.39, 0.29) is 19.9 Å². The number of rotatable bonds is 5. The van der Waals surface area contributed by atoms with E-state index in [1.807, 2.05) is 18.2 Å². The average molecular weight is 731 g/mol. The second-order valence-corrected chi connectivity index (χ2v) is 16.3. The summed E-state index contributed by atoms with van der Waals surface area (Å²) in [6, 6.07) is 58.7. The molecule has 0 spiro atoms. The second-order valence-electron chi connectivity index (χ2n) is 14.0. The Kier molecular flexibility index (Phi) is 7.18. The summed E-state index contributed by atoms with van der Waals surface area (Å²) in [4.78, 5) is 15.5. The monoisotopic (exact) mass is 731 g/mol. The van der Waals surface area contributed by atoms with Crippen molar-refractivity contribution in [1.29, 1.82) is 0 Å².